The summed E-state index contributed by atoms with van der Waals surface area (Å²) in [6, 6.07) is 7.91. The third-order valence-corrected chi connectivity index (χ3v) is 5.98. The zero-order chi connectivity index (χ0) is 29.5. The first kappa shape index (κ1) is 27.6. The van der Waals surface area contributed by atoms with Crippen molar-refractivity contribution in [3.8, 4) is 34.2 Å². The summed E-state index contributed by atoms with van der Waals surface area (Å²) in [5, 5.41) is 7.62. The van der Waals surface area contributed by atoms with Crippen molar-refractivity contribution in [1.82, 2.24) is 29.7 Å². The Balaban J connectivity index is 1.53. The molecular formula is C26H15F7N6O2. The number of carbonyl (C=O) groups excluding carboxylic acids is 1. The van der Waals surface area contributed by atoms with Gasteiger partial charge in [-0.1, -0.05) is 18.2 Å². The second-order valence-corrected chi connectivity index (χ2v) is 8.58. The first-order valence-corrected chi connectivity index (χ1v) is 11.5. The quantitative estimate of drug-likeness (QED) is 0.192. The Morgan fingerprint density at radius 2 is 1.61 bits per heavy atom. The van der Waals surface area contributed by atoms with Gasteiger partial charge in [0.05, 0.1) is 41.5 Å². The fourth-order valence-electron chi connectivity index (χ4n) is 4.05. The number of ether oxygens (including phenoxy) is 1. The van der Waals surface area contributed by atoms with Crippen LogP contribution in [0.3, 0.4) is 0 Å². The number of imidazole rings is 1. The fourth-order valence-corrected chi connectivity index (χ4v) is 4.05. The first-order valence-electron chi connectivity index (χ1n) is 11.5. The van der Waals surface area contributed by atoms with Crippen LogP contribution in [-0.4, -0.2) is 42.8 Å². The van der Waals surface area contributed by atoms with E-state index in [9.17, 15) is 35.5 Å². The second-order valence-electron chi connectivity index (χ2n) is 8.58. The highest BCUT2D eigenvalue weighted by Gasteiger charge is 2.39. The van der Waals surface area contributed by atoms with Crippen LogP contribution in [0.5, 0.6) is 0 Å². The van der Waals surface area contributed by atoms with Gasteiger partial charge in [0.2, 0.25) is 0 Å². The van der Waals surface area contributed by atoms with E-state index in [1.165, 1.54) is 41.4 Å². The number of hydrogen-bond acceptors (Lipinski definition) is 7. The van der Waals surface area contributed by atoms with Crippen LogP contribution in [-0.2, 0) is 21.9 Å². The van der Waals surface area contributed by atoms with Crippen molar-refractivity contribution in [3.05, 3.63) is 89.8 Å². The lowest BCUT2D eigenvalue weighted by atomic mass is 10.00. The highest BCUT2D eigenvalue weighted by atomic mass is 19.4. The van der Waals surface area contributed by atoms with Crippen molar-refractivity contribution < 1.29 is 40.3 Å². The van der Waals surface area contributed by atoms with Crippen LogP contribution in [0.2, 0.25) is 0 Å². The van der Waals surface area contributed by atoms with E-state index >= 15 is 0 Å². The molecule has 0 amide bonds. The van der Waals surface area contributed by atoms with Crippen molar-refractivity contribution >= 4 is 5.97 Å². The zero-order valence-electron chi connectivity index (χ0n) is 20.6. The Morgan fingerprint density at radius 3 is 2.24 bits per heavy atom. The van der Waals surface area contributed by atoms with Crippen LogP contribution in [0.15, 0.2) is 67.1 Å². The van der Waals surface area contributed by atoms with E-state index in [4.69, 9.17) is 4.74 Å². The number of benzene rings is 2. The van der Waals surface area contributed by atoms with Gasteiger partial charge >= 0.3 is 18.3 Å². The maximum absolute atomic E-state index is 14.2. The first-order chi connectivity index (χ1) is 19.4. The average Bonchev–Trinajstić information content (AvgIpc) is 3.36. The topological polar surface area (TPSA) is 95.7 Å². The highest BCUT2D eigenvalue weighted by molar-refractivity contribution is 5.78. The molecule has 0 spiro atoms. The number of esters is 1. The van der Waals surface area contributed by atoms with Crippen molar-refractivity contribution in [2.45, 2.75) is 18.4 Å². The predicted octanol–water partition coefficient (Wildman–Crippen LogP) is 5.84. The number of carbonyl (C=O) groups is 1. The van der Waals surface area contributed by atoms with Crippen molar-refractivity contribution in [1.29, 1.82) is 0 Å². The smallest absolute Gasteiger partial charge is 0.417 e. The number of nitrogens with zero attached hydrogens (tertiary/aromatic N) is 6. The van der Waals surface area contributed by atoms with Gasteiger partial charge in [0, 0.05) is 11.8 Å². The monoisotopic (exact) mass is 576 g/mol. The molecule has 1 unspecified atom stereocenters. The largest absolute Gasteiger partial charge is 0.467 e. The molecular weight excluding hydrogens is 561 g/mol. The van der Waals surface area contributed by atoms with Crippen molar-refractivity contribution in [2.75, 3.05) is 7.11 Å². The minimum absolute atomic E-state index is 0.00458. The molecule has 0 aliphatic carbocycles. The molecule has 2 aromatic carbocycles. The molecule has 0 bridgehead atoms. The molecule has 8 nitrogen and oxygen atoms in total. The van der Waals surface area contributed by atoms with Gasteiger partial charge in [0.15, 0.2) is 17.7 Å². The molecule has 1 atom stereocenters. The van der Waals surface area contributed by atoms with Crippen molar-refractivity contribution in [2.24, 2.45) is 0 Å². The molecule has 210 valence electrons. The van der Waals surface area contributed by atoms with Crippen LogP contribution < -0.4 is 0 Å². The normalized spacial score (nSPS) is 12.9. The van der Waals surface area contributed by atoms with Crippen LogP contribution in [0, 0.1) is 5.82 Å². The van der Waals surface area contributed by atoms with Crippen LogP contribution in [0.1, 0.15) is 22.9 Å². The van der Waals surface area contributed by atoms with Gasteiger partial charge in [-0.25, -0.2) is 24.1 Å². The summed E-state index contributed by atoms with van der Waals surface area (Å²) in [4.78, 5) is 25.3. The predicted molar refractivity (Wildman–Crippen MR) is 127 cm³/mol. The van der Waals surface area contributed by atoms with Crippen LogP contribution in [0.4, 0.5) is 30.7 Å². The Morgan fingerprint density at radius 1 is 0.854 bits per heavy atom. The maximum atomic E-state index is 14.2. The van der Waals surface area contributed by atoms with Gasteiger partial charge in [-0.05, 0) is 36.4 Å². The Labute approximate surface area is 225 Å². The highest BCUT2D eigenvalue weighted by Crippen LogP contribution is 2.40. The number of fused-ring (bicyclic) bond motifs is 1. The Bertz CT molecular complexity index is 1700. The minimum Gasteiger partial charge on any atom is -0.467 e. The summed E-state index contributed by atoms with van der Waals surface area (Å²) in [6.07, 6.45) is -7.54. The number of aromatic nitrogens is 6. The molecule has 0 fully saturated rings. The minimum atomic E-state index is -5.12. The summed E-state index contributed by atoms with van der Waals surface area (Å²) >= 11 is 0. The zero-order valence-corrected chi connectivity index (χ0v) is 20.6. The van der Waals surface area contributed by atoms with Gasteiger partial charge < -0.3 is 9.30 Å². The molecule has 1 aromatic heterocycles. The van der Waals surface area contributed by atoms with Gasteiger partial charge in [-0.2, -0.15) is 36.5 Å². The molecule has 5 rings (SSSR count). The molecule has 41 heavy (non-hydrogen) atoms. The lowest BCUT2D eigenvalue weighted by molar-refractivity contribution is -0.144. The summed E-state index contributed by atoms with van der Waals surface area (Å²) in [7, 11) is 1.10. The van der Waals surface area contributed by atoms with Gasteiger partial charge in [-0.3, -0.25) is 0 Å². The second kappa shape index (κ2) is 10.2. The maximum Gasteiger partial charge on any atom is 0.417 e. The van der Waals surface area contributed by atoms with Gasteiger partial charge in [0.25, 0.3) is 0 Å². The molecule has 2 aliphatic rings. The number of hydrogen-bond donors (Lipinski definition) is 0. The summed E-state index contributed by atoms with van der Waals surface area (Å²) in [5.41, 5.74) is -3.81. The average molecular weight is 576 g/mol. The molecule has 3 heterocycles. The van der Waals surface area contributed by atoms with E-state index in [0.29, 0.717) is 12.1 Å². The molecule has 0 N–H and O–H groups in total. The fraction of sp³-hybridized carbons (Fsp3) is 0.154. The Hall–Kier alpha value is -4.95. The van der Waals surface area contributed by atoms with E-state index in [2.05, 4.69) is 25.1 Å². The van der Waals surface area contributed by atoms with Gasteiger partial charge in [0.1, 0.15) is 11.5 Å². The van der Waals surface area contributed by atoms with Crippen molar-refractivity contribution in [3.63, 3.8) is 0 Å². The third-order valence-electron chi connectivity index (χ3n) is 5.98. The molecule has 15 heteroatoms. The molecule has 3 aromatic rings. The molecule has 0 radical (unpaired) electrons. The number of halogens is 7. The van der Waals surface area contributed by atoms with E-state index in [0.717, 1.165) is 13.2 Å². The third kappa shape index (κ3) is 5.42. The Kier molecular flexibility index (Phi) is 6.88. The van der Waals surface area contributed by atoms with E-state index in [1.54, 1.807) is 6.07 Å². The standard InChI is InChI=1S/C26H15F7N6O2/c1-41-24(40)21(39-11-20-23(34-12-39)36-22(35-20)15-4-2-3-5-17(15)27)19-9-8-18(37-38-19)14-7-6-13(25(28,29)30)10-16(14)26(31,32)33/h2-12,21H,1H3. The van der Waals surface area contributed by atoms with E-state index < -0.39 is 46.9 Å². The lowest BCUT2D eigenvalue weighted by Crippen LogP contribution is -2.24. The lowest BCUT2D eigenvalue weighted by Gasteiger charge is -2.18. The molecule has 0 saturated carbocycles. The van der Waals surface area contributed by atoms with E-state index in [-0.39, 0.29) is 40.4 Å². The SMILES string of the molecule is COC(=O)C(c1ccc(-c2ccc(C(F)(F)F)cc2C(F)(F)F)nn1)n1cnc2nc(-c3ccccc3F)nc-2c1. The summed E-state index contributed by atoms with van der Waals surface area (Å²) in [5.74, 6) is -1.21. The number of rotatable bonds is 5. The van der Waals surface area contributed by atoms with E-state index in [1.807, 2.05) is 0 Å². The van der Waals surface area contributed by atoms with Crippen LogP contribution >= 0.6 is 0 Å². The summed E-state index contributed by atoms with van der Waals surface area (Å²) in [6.45, 7) is 0. The number of methoxy groups -OCH3 is 1. The summed E-state index contributed by atoms with van der Waals surface area (Å²) < 4.78 is 100. The molecule has 0 saturated heterocycles. The van der Waals surface area contributed by atoms with Gasteiger partial charge in [-0.15, -0.1) is 0 Å². The molecule has 2 aliphatic heterocycles. The number of alkyl halides is 6. The van der Waals surface area contributed by atoms with Crippen LogP contribution in [0.25, 0.3) is 34.2 Å².